The Morgan fingerprint density at radius 1 is 0.850 bits per heavy atom. The lowest BCUT2D eigenvalue weighted by Gasteiger charge is -2.17. The quantitative estimate of drug-likeness (QED) is 0.830. The van der Waals surface area contributed by atoms with Gasteiger partial charge in [-0.1, -0.05) is 54.6 Å². The van der Waals surface area contributed by atoms with Gasteiger partial charge in [-0.05, 0) is 37.2 Å². The molecule has 0 aliphatic rings. The minimum absolute atomic E-state index is 0.935. The molecular formula is C18H24N2. The molecule has 2 rings (SSSR count). The molecule has 0 aliphatic heterocycles. The van der Waals surface area contributed by atoms with E-state index in [-0.39, 0.29) is 0 Å². The molecule has 0 heterocycles. The van der Waals surface area contributed by atoms with Crippen LogP contribution in [0.3, 0.4) is 0 Å². The summed E-state index contributed by atoms with van der Waals surface area (Å²) in [5.74, 6) is 0. The fraction of sp³-hybridized carbons (Fsp3) is 0.333. The molecule has 0 saturated carbocycles. The molecule has 106 valence electrons. The molecule has 0 saturated heterocycles. The fourth-order valence-electron chi connectivity index (χ4n) is 2.32. The van der Waals surface area contributed by atoms with Gasteiger partial charge in [-0.2, -0.15) is 0 Å². The van der Waals surface area contributed by atoms with E-state index in [9.17, 15) is 0 Å². The van der Waals surface area contributed by atoms with Gasteiger partial charge in [0.2, 0.25) is 0 Å². The summed E-state index contributed by atoms with van der Waals surface area (Å²) < 4.78 is 0. The van der Waals surface area contributed by atoms with Gasteiger partial charge in [0, 0.05) is 19.6 Å². The van der Waals surface area contributed by atoms with E-state index >= 15 is 0 Å². The van der Waals surface area contributed by atoms with Crippen LogP contribution in [0.25, 0.3) is 0 Å². The van der Waals surface area contributed by atoms with Crippen molar-refractivity contribution in [3.8, 4) is 0 Å². The van der Waals surface area contributed by atoms with Gasteiger partial charge in [0.25, 0.3) is 0 Å². The fourth-order valence-corrected chi connectivity index (χ4v) is 2.32. The van der Waals surface area contributed by atoms with E-state index in [0.717, 1.165) is 26.1 Å². The molecule has 2 aromatic rings. The summed E-state index contributed by atoms with van der Waals surface area (Å²) >= 11 is 0. The number of nitrogens with zero attached hydrogens (tertiary/aromatic N) is 1. The lowest BCUT2D eigenvalue weighted by atomic mass is 10.1. The largest absolute Gasteiger partial charge is 0.316 e. The number of likely N-dealkylation sites (N-methyl/N-ethyl adjacent to an activating group) is 1. The molecule has 0 bridgehead atoms. The van der Waals surface area contributed by atoms with Gasteiger partial charge >= 0.3 is 0 Å². The first-order chi connectivity index (χ1) is 9.78. The van der Waals surface area contributed by atoms with Crippen molar-refractivity contribution in [3.05, 3.63) is 71.3 Å². The predicted molar refractivity (Wildman–Crippen MR) is 85.7 cm³/mol. The Labute approximate surface area is 122 Å². The van der Waals surface area contributed by atoms with E-state index in [1.165, 1.54) is 16.7 Å². The predicted octanol–water partition coefficient (Wildman–Crippen LogP) is 3.08. The minimum atomic E-state index is 0.935. The average Bonchev–Trinajstić information content (AvgIpc) is 2.49. The van der Waals surface area contributed by atoms with Crippen LogP contribution in [0.4, 0.5) is 0 Å². The minimum Gasteiger partial charge on any atom is -0.316 e. The molecule has 0 aliphatic carbocycles. The Morgan fingerprint density at radius 2 is 1.50 bits per heavy atom. The summed E-state index contributed by atoms with van der Waals surface area (Å²) in [5.41, 5.74) is 4.12. The van der Waals surface area contributed by atoms with Gasteiger partial charge in [-0.15, -0.1) is 0 Å². The molecule has 0 atom stereocenters. The topological polar surface area (TPSA) is 15.3 Å². The molecule has 2 nitrogen and oxygen atoms in total. The first kappa shape index (κ1) is 14.8. The second kappa shape index (κ2) is 7.83. The van der Waals surface area contributed by atoms with Crippen LogP contribution in [0.1, 0.15) is 16.7 Å². The highest BCUT2D eigenvalue weighted by molar-refractivity contribution is 5.22. The Morgan fingerprint density at radius 3 is 2.15 bits per heavy atom. The van der Waals surface area contributed by atoms with E-state index in [0.29, 0.717) is 0 Å². The third kappa shape index (κ3) is 4.80. The molecule has 0 spiro atoms. The van der Waals surface area contributed by atoms with Crippen molar-refractivity contribution in [1.29, 1.82) is 0 Å². The summed E-state index contributed by atoms with van der Waals surface area (Å²) in [6, 6.07) is 19.5. The molecule has 2 heteroatoms. The zero-order valence-electron chi connectivity index (χ0n) is 12.5. The number of nitrogens with one attached hydrogen (secondary N) is 1. The van der Waals surface area contributed by atoms with Crippen molar-refractivity contribution < 1.29 is 0 Å². The molecule has 2 aromatic carbocycles. The number of benzene rings is 2. The van der Waals surface area contributed by atoms with Gasteiger partial charge in [-0.3, -0.25) is 0 Å². The van der Waals surface area contributed by atoms with E-state index in [4.69, 9.17) is 0 Å². The molecule has 0 amide bonds. The molecular weight excluding hydrogens is 244 g/mol. The highest BCUT2D eigenvalue weighted by atomic mass is 15.1. The number of hydrogen-bond acceptors (Lipinski definition) is 2. The summed E-state index contributed by atoms with van der Waals surface area (Å²) in [4.78, 5) is 2.38. The van der Waals surface area contributed by atoms with Gasteiger partial charge in [-0.25, -0.2) is 0 Å². The van der Waals surface area contributed by atoms with Crippen LogP contribution in [0.15, 0.2) is 54.6 Å². The van der Waals surface area contributed by atoms with Gasteiger partial charge in [0.15, 0.2) is 0 Å². The lowest BCUT2D eigenvalue weighted by molar-refractivity contribution is 0.331. The summed E-state index contributed by atoms with van der Waals surface area (Å²) in [5, 5.41) is 3.17. The van der Waals surface area contributed by atoms with Crippen LogP contribution in [-0.4, -0.2) is 25.5 Å². The summed E-state index contributed by atoms with van der Waals surface area (Å²) in [7, 11) is 4.16. The van der Waals surface area contributed by atoms with E-state index in [1.54, 1.807) is 0 Å². The maximum atomic E-state index is 3.17. The second-order valence-corrected chi connectivity index (χ2v) is 5.32. The highest BCUT2D eigenvalue weighted by Crippen LogP contribution is 2.08. The van der Waals surface area contributed by atoms with Crippen LogP contribution in [0, 0.1) is 0 Å². The Kier molecular flexibility index (Phi) is 5.78. The smallest absolute Gasteiger partial charge is 0.0230 e. The van der Waals surface area contributed by atoms with Crippen LogP contribution in [0.5, 0.6) is 0 Å². The molecule has 0 unspecified atom stereocenters. The van der Waals surface area contributed by atoms with Crippen LogP contribution in [0.2, 0.25) is 0 Å². The zero-order valence-corrected chi connectivity index (χ0v) is 12.5. The first-order valence-electron chi connectivity index (χ1n) is 7.23. The van der Waals surface area contributed by atoms with Crippen molar-refractivity contribution in [1.82, 2.24) is 10.2 Å². The highest BCUT2D eigenvalue weighted by Gasteiger charge is 2.01. The summed E-state index contributed by atoms with van der Waals surface area (Å²) in [6.07, 6.45) is 1.11. The Hall–Kier alpha value is -1.64. The van der Waals surface area contributed by atoms with E-state index in [1.807, 2.05) is 7.05 Å². The Bertz CT molecular complexity index is 491. The van der Waals surface area contributed by atoms with Crippen molar-refractivity contribution in [3.63, 3.8) is 0 Å². The van der Waals surface area contributed by atoms with Crippen molar-refractivity contribution in [2.24, 2.45) is 0 Å². The summed E-state index contributed by atoms with van der Waals surface area (Å²) in [6.45, 7) is 3.03. The van der Waals surface area contributed by atoms with Crippen LogP contribution >= 0.6 is 0 Å². The monoisotopic (exact) mass is 268 g/mol. The molecule has 0 aromatic heterocycles. The normalized spacial score (nSPS) is 10.9. The van der Waals surface area contributed by atoms with Crippen molar-refractivity contribution in [2.45, 2.75) is 19.5 Å². The van der Waals surface area contributed by atoms with Crippen molar-refractivity contribution in [2.75, 3.05) is 20.6 Å². The Balaban J connectivity index is 1.80. The SMILES string of the molecule is CNCc1ccc(CN(C)CCc2ccccc2)cc1. The lowest BCUT2D eigenvalue weighted by Crippen LogP contribution is -2.20. The van der Waals surface area contributed by atoms with Crippen LogP contribution < -0.4 is 5.32 Å². The standard InChI is InChI=1S/C18H24N2/c1-19-14-17-8-10-18(11-9-17)15-20(2)13-12-16-6-4-3-5-7-16/h3-11,19H,12-15H2,1-2H3. The zero-order chi connectivity index (χ0) is 14.2. The third-order valence-electron chi connectivity index (χ3n) is 3.48. The van der Waals surface area contributed by atoms with Gasteiger partial charge in [0.05, 0.1) is 0 Å². The molecule has 0 radical (unpaired) electrons. The molecule has 1 N–H and O–H groups in total. The van der Waals surface area contributed by atoms with Gasteiger partial charge < -0.3 is 10.2 Å². The first-order valence-corrected chi connectivity index (χ1v) is 7.23. The maximum Gasteiger partial charge on any atom is 0.0230 e. The van der Waals surface area contributed by atoms with E-state index in [2.05, 4.69) is 71.9 Å². The average molecular weight is 268 g/mol. The number of rotatable bonds is 7. The maximum absolute atomic E-state index is 3.17. The third-order valence-corrected chi connectivity index (χ3v) is 3.48. The second-order valence-electron chi connectivity index (χ2n) is 5.32. The molecule has 0 fully saturated rings. The van der Waals surface area contributed by atoms with Crippen molar-refractivity contribution >= 4 is 0 Å². The number of hydrogen-bond donors (Lipinski definition) is 1. The van der Waals surface area contributed by atoms with E-state index < -0.39 is 0 Å². The van der Waals surface area contributed by atoms with Gasteiger partial charge in [0.1, 0.15) is 0 Å². The molecule has 20 heavy (non-hydrogen) atoms. The van der Waals surface area contributed by atoms with Crippen LogP contribution in [-0.2, 0) is 19.5 Å².